The van der Waals surface area contributed by atoms with Gasteiger partial charge in [-0.1, -0.05) is 24.3 Å². The van der Waals surface area contributed by atoms with E-state index < -0.39 is 0 Å². The summed E-state index contributed by atoms with van der Waals surface area (Å²) >= 11 is 0. The SMILES string of the molecule is OC1Cc2ccccc21.[C-]#[O+].[C-]#[O+].[C-]#[O+].[Cr+6]. The van der Waals surface area contributed by atoms with Gasteiger partial charge in [-0.2, -0.15) is 0 Å². The van der Waals surface area contributed by atoms with Gasteiger partial charge in [0.25, 0.3) is 0 Å². The Hall–Kier alpha value is -1.07. The molecular weight excluding hydrogens is 248 g/mol. The molecule has 1 aliphatic rings. The van der Waals surface area contributed by atoms with Crippen molar-refractivity contribution in [2.45, 2.75) is 12.5 Å². The average molecular weight is 256 g/mol. The molecule has 0 spiro atoms. The quantitative estimate of drug-likeness (QED) is 0.548. The van der Waals surface area contributed by atoms with E-state index in [4.69, 9.17) is 19.1 Å². The molecule has 5 heteroatoms. The standard InChI is InChI=1S/C8H8O.3CO.Cr/c9-8-5-6-3-1-2-4-7(6)8;3*1-2;/h1-4,8-9H,5H2;;;;/q;;;;+6. The van der Waals surface area contributed by atoms with Crippen molar-refractivity contribution < 1.29 is 36.4 Å². The Morgan fingerprint density at radius 2 is 1.44 bits per heavy atom. The topological polar surface area (TPSA) is 79.9 Å². The molecule has 16 heavy (non-hydrogen) atoms. The van der Waals surface area contributed by atoms with Gasteiger partial charge in [-0.3, -0.25) is 0 Å². The molecule has 2 rings (SSSR count). The van der Waals surface area contributed by atoms with Crippen LogP contribution in [0.2, 0.25) is 0 Å². The molecule has 1 unspecified atom stereocenters. The molecule has 0 amide bonds. The Morgan fingerprint density at radius 1 is 1.00 bits per heavy atom. The summed E-state index contributed by atoms with van der Waals surface area (Å²) in [4.78, 5) is 0. The molecule has 0 aliphatic heterocycles. The summed E-state index contributed by atoms with van der Waals surface area (Å²) in [5.41, 5.74) is 2.41. The van der Waals surface area contributed by atoms with E-state index in [0.717, 1.165) is 12.0 Å². The molecule has 0 fully saturated rings. The number of aliphatic hydroxyl groups is 1. The van der Waals surface area contributed by atoms with Crippen LogP contribution in [0, 0.1) is 20.0 Å². The maximum Gasteiger partial charge on any atom is 6.00 e. The molecule has 0 saturated carbocycles. The van der Waals surface area contributed by atoms with Crippen molar-refractivity contribution in [2.24, 2.45) is 0 Å². The van der Waals surface area contributed by atoms with E-state index in [1.165, 1.54) is 5.56 Å². The smallest absolute Gasteiger partial charge is 6.00 e. The van der Waals surface area contributed by atoms with Crippen LogP contribution < -0.4 is 0 Å². The molecule has 1 aliphatic carbocycles. The Kier molecular flexibility index (Phi) is 17.7. The van der Waals surface area contributed by atoms with Crippen molar-refractivity contribution in [3.8, 4) is 0 Å². The number of fused-ring (bicyclic) bond motifs is 1. The van der Waals surface area contributed by atoms with Gasteiger partial charge in [-0.05, 0) is 11.1 Å². The monoisotopic (exact) mass is 256 g/mol. The normalized spacial score (nSPS) is 13.1. The minimum atomic E-state index is -0.179. The number of rotatable bonds is 0. The molecule has 76 valence electrons. The first-order chi connectivity index (χ1) is 7.38. The van der Waals surface area contributed by atoms with Gasteiger partial charge in [0.05, 0.1) is 6.10 Å². The summed E-state index contributed by atoms with van der Waals surface area (Å²) in [6, 6.07) is 8.00. The number of aliphatic hydroxyl groups excluding tert-OH is 1. The Morgan fingerprint density at radius 3 is 1.75 bits per heavy atom. The molecule has 0 saturated heterocycles. The fourth-order valence-electron chi connectivity index (χ4n) is 1.23. The predicted octanol–water partition coefficient (Wildman–Crippen LogP) is 1.16. The zero-order valence-corrected chi connectivity index (χ0v) is 9.45. The van der Waals surface area contributed by atoms with Crippen LogP contribution in [0.1, 0.15) is 17.2 Å². The summed E-state index contributed by atoms with van der Waals surface area (Å²) in [6.45, 7) is 13.5. The summed E-state index contributed by atoms with van der Waals surface area (Å²) in [6.07, 6.45) is 0.664. The molecule has 0 heterocycles. The molecule has 0 aromatic heterocycles. The second kappa shape index (κ2) is 13.9. The number of hydrogen-bond donors (Lipinski definition) is 1. The molecule has 1 aromatic rings. The Labute approximate surface area is 105 Å². The molecule has 1 atom stereocenters. The largest absolute Gasteiger partial charge is 6.00 e. The van der Waals surface area contributed by atoms with Crippen molar-refractivity contribution >= 4 is 0 Å². The summed E-state index contributed by atoms with van der Waals surface area (Å²) in [7, 11) is 0. The first-order valence-corrected chi connectivity index (χ1v) is 3.75. The first kappa shape index (κ1) is 20.4. The van der Waals surface area contributed by atoms with Crippen LogP contribution in [-0.2, 0) is 37.7 Å². The van der Waals surface area contributed by atoms with Crippen molar-refractivity contribution in [3.05, 3.63) is 55.3 Å². The molecule has 1 N–H and O–H groups in total. The van der Waals surface area contributed by atoms with Gasteiger partial charge in [0, 0.05) is 6.42 Å². The van der Waals surface area contributed by atoms with Crippen LogP contribution in [0.5, 0.6) is 0 Å². The Bertz CT molecular complexity index is 329. The van der Waals surface area contributed by atoms with E-state index in [1.807, 2.05) is 18.2 Å². The van der Waals surface area contributed by atoms with Crippen molar-refractivity contribution in [2.75, 3.05) is 0 Å². The summed E-state index contributed by atoms with van der Waals surface area (Å²) in [5.74, 6) is 0. The molecular formula is C11H8CrO4+6. The van der Waals surface area contributed by atoms with Crippen LogP contribution >= 0.6 is 0 Å². The molecule has 0 bridgehead atoms. The average Bonchev–Trinajstić information content (AvgIpc) is 2.36. The Balaban J connectivity index is -0.000000214. The predicted molar refractivity (Wildman–Crippen MR) is 46.9 cm³/mol. The fraction of sp³-hybridized carbons (Fsp3) is 0.182. The maximum atomic E-state index is 9.10. The molecule has 0 radical (unpaired) electrons. The molecule has 1 aromatic carbocycles. The zero-order chi connectivity index (χ0) is 12.3. The maximum absolute atomic E-state index is 9.10. The van der Waals surface area contributed by atoms with Gasteiger partial charge in [-0.15, -0.1) is 0 Å². The van der Waals surface area contributed by atoms with E-state index >= 15 is 0 Å². The van der Waals surface area contributed by atoms with Crippen molar-refractivity contribution in [3.63, 3.8) is 0 Å². The van der Waals surface area contributed by atoms with Gasteiger partial charge in [0.1, 0.15) is 0 Å². The van der Waals surface area contributed by atoms with Crippen LogP contribution in [0.25, 0.3) is 0 Å². The van der Waals surface area contributed by atoms with Crippen LogP contribution in [0.4, 0.5) is 0 Å². The number of benzene rings is 1. The van der Waals surface area contributed by atoms with Gasteiger partial charge in [-0.25, -0.2) is 0 Å². The molecule has 4 nitrogen and oxygen atoms in total. The third kappa shape index (κ3) is 5.73. The van der Waals surface area contributed by atoms with Crippen LogP contribution in [0.3, 0.4) is 0 Å². The minimum Gasteiger partial charge on any atom is 6.00 e. The van der Waals surface area contributed by atoms with Gasteiger partial charge < -0.3 is 5.11 Å². The number of hydrogen-bond acceptors (Lipinski definition) is 1. The van der Waals surface area contributed by atoms with Crippen molar-refractivity contribution in [1.82, 2.24) is 0 Å². The van der Waals surface area contributed by atoms with E-state index in [9.17, 15) is 0 Å². The fourth-order valence-corrected chi connectivity index (χ4v) is 1.23. The summed E-state index contributed by atoms with van der Waals surface area (Å²) in [5, 5.41) is 9.10. The van der Waals surface area contributed by atoms with Gasteiger partial charge >= 0.3 is 51.3 Å². The van der Waals surface area contributed by atoms with E-state index in [1.54, 1.807) is 0 Å². The third-order valence-electron chi connectivity index (χ3n) is 1.83. The van der Waals surface area contributed by atoms with E-state index in [0.29, 0.717) is 0 Å². The second-order valence-corrected chi connectivity index (χ2v) is 2.42. The van der Waals surface area contributed by atoms with Crippen LogP contribution in [0.15, 0.2) is 24.3 Å². The zero-order valence-electron chi connectivity index (χ0n) is 8.17. The van der Waals surface area contributed by atoms with Gasteiger partial charge in [0.2, 0.25) is 0 Å². The first-order valence-electron chi connectivity index (χ1n) is 3.75. The summed E-state index contributed by atoms with van der Waals surface area (Å²) < 4.78 is 22.5. The van der Waals surface area contributed by atoms with E-state index in [2.05, 4.69) is 26.0 Å². The van der Waals surface area contributed by atoms with Gasteiger partial charge in [0.15, 0.2) is 0 Å². The van der Waals surface area contributed by atoms with Crippen molar-refractivity contribution in [1.29, 1.82) is 0 Å². The second-order valence-electron chi connectivity index (χ2n) is 2.42. The third-order valence-corrected chi connectivity index (χ3v) is 1.83. The van der Waals surface area contributed by atoms with Crippen LogP contribution in [-0.4, -0.2) is 5.11 Å². The van der Waals surface area contributed by atoms with E-state index in [-0.39, 0.29) is 23.5 Å². The minimum absolute atomic E-state index is 0.